The lowest BCUT2D eigenvalue weighted by Gasteiger charge is -2.30. The van der Waals surface area contributed by atoms with E-state index in [4.69, 9.17) is 11.6 Å². The Labute approximate surface area is 91.5 Å². The van der Waals surface area contributed by atoms with Crippen LogP contribution in [0, 0.1) is 0 Å². The minimum atomic E-state index is -4.39. The lowest BCUT2D eigenvalue weighted by molar-refractivity contribution is -0.133. The van der Waals surface area contributed by atoms with Crippen LogP contribution in [0.4, 0.5) is 18.9 Å². The summed E-state index contributed by atoms with van der Waals surface area (Å²) in [7, 11) is 0. The maximum absolute atomic E-state index is 12.7. The summed E-state index contributed by atoms with van der Waals surface area (Å²) in [5, 5.41) is 0.294. The van der Waals surface area contributed by atoms with Gasteiger partial charge < -0.3 is 0 Å². The number of halogens is 4. The predicted molar refractivity (Wildman–Crippen MR) is 55.1 cm³/mol. The zero-order valence-electron chi connectivity index (χ0n) is 8.35. The lowest BCUT2D eigenvalue weighted by atomic mass is 10.2. The number of nitrogens with zero attached hydrogens (tertiary/aromatic N) is 1. The van der Waals surface area contributed by atoms with Crippen molar-refractivity contribution in [3.05, 3.63) is 29.3 Å². The average Bonchev–Trinajstić information content (AvgIpc) is 1.99. The van der Waals surface area contributed by atoms with Gasteiger partial charge in [-0.1, -0.05) is 17.7 Å². The quantitative estimate of drug-likeness (QED) is 0.701. The average molecular weight is 238 g/mol. The van der Waals surface area contributed by atoms with Gasteiger partial charge in [0.25, 0.3) is 0 Å². The van der Waals surface area contributed by atoms with Crippen molar-refractivity contribution < 1.29 is 13.2 Å². The summed E-state index contributed by atoms with van der Waals surface area (Å²) >= 11 is 5.65. The molecule has 0 unspecified atom stereocenters. The molecule has 0 bridgehead atoms. The van der Waals surface area contributed by atoms with E-state index in [1.54, 1.807) is 6.07 Å². The topological polar surface area (TPSA) is 3.24 Å². The standard InChI is InChI=1S/C10H11ClF3N/c1-7(2)15(10(12,13)14)9-5-3-4-8(11)6-9/h3-7H,1-2H3. The predicted octanol–water partition coefficient (Wildman–Crippen LogP) is 4.07. The van der Waals surface area contributed by atoms with Crippen LogP contribution in [0.15, 0.2) is 24.3 Å². The van der Waals surface area contributed by atoms with Gasteiger partial charge in [0.2, 0.25) is 0 Å². The summed E-state index contributed by atoms with van der Waals surface area (Å²) in [6.07, 6.45) is -4.39. The first kappa shape index (κ1) is 12.2. The largest absolute Gasteiger partial charge is 0.485 e. The molecule has 0 aliphatic heterocycles. The molecule has 0 fully saturated rings. The highest BCUT2D eigenvalue weighted by Gasteiger charge is 2.39. The van der Waals surface area contributed by atoms with Gasteiger partial charge in [-0.25, -0.2) is 0 Å². The van der Waals surface area contributed by atoms with Gasteiger partial charge >= 0.3 is 6.30 Å². The van der Waals surface area contributed by atoms with E-state index in [-0.39, 0.29) is 5.69 Å². The lowest BCUT2D eigenvalue weighted by Crippen LogP contribution is -2.43. The van der Waals surface area contributed by atoms with E-state index in [1.165, 1.54) is 32.0 Å². The summed E-state index contributed by atoms with van der Waals surface area (Å²) in [4.78, 5) is 0.374. The van der Waals surface area contributed by atoms with Crippen LogP contribution in [0.5, 0.6) is 0 Å². The zero-order valence-corrected chi connectivity index (χ0v) is 9.10. The minimum Gasteiger partial charge on any atom is -0.282 e. The Kier molecular flexibility index (Phi) is 3.50. The number of hydrogen-bond acceptors (Lipinski definition) is 1. The molecule has 0 spiro atoms. The van der Waals surface area contributed by atoms with Gasteiger partial charge in [-0.05, 0) is 32.0 Å². The molecule has 1 aromatic carbocycles. The van der Waals surface area contributed by atoms with E-state index in [2.05, 4.69) is 0 Å². The van der Waals surface area contributed by atoms with Crippen molar-refractivity contribution in [2.45, 2.75) is 26.2 Å². The van der Waals surface area contributed by atoms with Crippen LogP contribution in [-0.2, 0) is 0 Å². The van der Waals surface area contributed by atoms with Gasteiger partial charge in [0.05, 0.1) is 0 Å². The number of anilines is 1. The van der Waals surface area contributed by atoms with E-state index in [0.717, 1.165) is 0 Å². The summed E-state index contributed by atoms with van der Waals surface area (Å²) in [6, 6.07) is 5.07. The third-order valence-electron chi connectivity index (χ3n) is 1.88. The van der Waals surface area contributed by atoms with Crippen LogP contribution < -0.4 is 4.90 Å². The Morgan fingerprint density at radius 3 is 2.27 bits per heavy atom. The Morgan fingerprint density at radius 1 is 1.27 bits per heavy atom. The Hall–Kier alpha value is -0.900. The molecule has 0 saturated carbocycles. The summed E-state index contributed by atoms with van der Waals surface area (Å²) in [6.45, 7) is 2.96. The first-order valence-electron chi connectivity index (χ1n) is 4.44. The van der Waals surface area contributed by atoms with Gasteiger partial charge in [0.1, 0.15) is 0 Å². The highest BCUT2D eigenvalue weighted by atomic mass is 35.5. The first-order chi connectivity index (χ1) is 6.82. The maximum Gasteiger partial charge on any atom is 0.485 e. The Morgan fingerprint density at radius 2 is 1.87 bits per heavy atom. The molecule has 0 amide bonds. The molecule has 0 aromatic heterocycles. The van der Waals surface area contributed by atoms with Crippen molar-refractivity contribution in [3.8, 4) is 0 Å². The molecule has 0 aliphatic rings. The van der Waals surface area contributed by atoms with Crippen LogP contribution in [0.1, 0.15) is 13.8 Å². The molecular weight excluding hydrogens is 227 g/mol. The second-order valence-corrected chi connectivity index (χ2v) is 3.85. The van der Waals surface area contributed by atoms with Crippen molar-refractivity contribution in [2.24, 2.45) is 0 Å². The normalized spacial score (nSPS) is 11.9. The minimum absolute atomic E-state index is 0.0602. The Bertz CT molecular complexity index is 336. The smallest absolute Gasteiger partial charge is 0.282 e. The van der Waals surface area contributed by atoms with Crippen molar-refractivity contribution in [1.82, 2.24) is 0 Å². The van der Waals surface area contributed by atoms with Crippen molar-refractivity contribution in [2.75, 3.05) is 4.90 Å². The second-order valence-electron chi connectivity index (χ2n) is 3.41. The molecule has 1 nitrogen and oxygen atoms in total. The van der Waals surface area contributed by atoms with Crippen LogP contribution in [0.25, 0.3) is 0 Å². The molecular formula is C10H11ClF3N. The fourth-order valence-corrected chi connectivity index (χ4v) is 1.55. The monoisotopic (exact) mass is 237 g/mol. The van der Waals surface area contributed by atoms with E-state index >= 15 is 0 Å². The molecule has 0 saturated heterocycles. The number of benzene rings is 1. The molecule has 1 rings (SSSR count). The number of rotatable bonds is 2. The highest BCUT2D eigenvalue weighted by molar-refractivity contribution is 6.30. The third kappa shape index (κ3) is 3.02. The second kappa shape index (κ2) is 4.31. The molecule has 15 heavy (non-hydrogen) atoms. The first-order valence-corrected chi connectivity index (χ1v) is 4.82. The van der Waals surface area contributed by atoms with Gasteiger partial charge in [-0.2, -0.15) is 13.2 Å². The van der Waals surface area contributed by atoms with Gasteiger partial charge in [0.15, 0.2) is 0 Å². The zero-order chi connectivity index (χ0) is 11.6. The molecule has 84 valence electrons. The van der Waals surface area contributed by atoms with E-state index < -0.39 is 12.3 Å². The van der Waals surface area contributed by atoms with Crippen molar-refractivity contribution in [1.29, 1.82) is 0 Å². The van der Waals surface area contributed by atoms with Crippen LogP contribution >= 0.6 is 11.6 Å². The van der Waals surface area contributed by atoms with Crippen molar-refractivity contribution in [3.63, 3.8) is 0 Å². The van der Waals surface area contributed by atoms with Crippen LogP contribution in [-0.4, -0.2) is 12.3 Å². The molecule has 0 radical (unpaired) electrons. The van der Waals surface area contributed by atoms with E-state index in [9.17, 15) is 13.2 Å². The van der Waals surface area contributed by atoms with Crippen molar-refractivity contribution >= 4 is 17.3 Å². The molecule has 0 aliphatic carbocycles. The Balaban J connectivity index is 3.11. The van der Waals surface area contributed by atoms with Gasteiger partial charge in [0, 0.05) is 16.8 Å². The fraction of sp³-hybridized carbons (Fsp3) is 0.400. The van der Waals surface area contributed by atoms with Gasteiger partial charge in [-0.3, -0.25) is 4.90 Å². The highest BCUT2D eigenvalue weighted by Crippen LogP contribution is 2.31. The maximum atomic E-state index is 12.7. The van der Waals surface area contributed by atoms with E-state index in [1.807, 2.05) is 0 Å². The van der Waals surface area contributed by atoms with E-state index in [0.29, 0.717) is 9.92 Å². The number of hydrogen-bond donors (Lipinski definition) is 0. The van der Waals surface area contributed by atoms with Crippen LogP contribution in [0.2, 0.25) is 5.02 Å². The third-order valence-corrected chi connectivity index (χ3v) is 2.11. The summed E-state index contributed by atoms with van der Waals surface area (Å²) < 4.78 is 38.0. The molecule has 5 heteroatoms. The summed E-state index contributed by atoms with van der Waals surface area (Å²) in [5.74, 6) is 0. The molecule has 0 atom stereocenters. The van der Waals surface area contributed by atoms with Gasteiger partial charge in [-0.15, -0.1) is 0 Å². The summed E-state index contributed by atoms with van der Waals surface area (Å²) in [5.41, 5.74) is 0.0602. The number of alkyl halides is 3. The molecule has 0 heterocycles. The SMILES string of the molecule is CC(C)N(c1cccc(Cl)c1)C(F)(F)F. The fourth-order valence-electron chi connectivity index (χ4n) is 1.36. The van der Waals surface area contributed by atoms with Crippen LogP contribution in [0.3, 0.4) is 0 Å². The molecule has 0 N–H and O–H groups in total. The molecule has 1 aromatic rings.